The minimum absolute atomic E-state index is 0.293. The number of anilines is 1. The van der Waals surface area contributed by atoms with E-state index in [9.17, 15) is 0 Å². The van der Waals surface area contributed by atoms with E-state index in [-0.39, 0.29) is 0 Å². The molecule has 0 bridgehead atoms. The van der Waals surface area contributed by atoms with Gasteiger partial charge in [0.25, 0.3) is 5.89 Å². The molecule has 0 saturated heterocycles. The third kappa shape index (κ3) is 3.51. The van der Waals surface area contributed by atoms with E-state index in [1.165, 1.54) is 0 Å². The molecule has 0 aliphatic heterocycles. The van der Waals surface area contributed by atoms with Crippen molar-refractivity contribution in [3.05, 3.63) is 54.1 Å². The van der Waals surface area contributed by atoms with Crippen LogP contribution in [0.1, 0.15) is 25.8 Å². The molecule has 6 nitrogen and oxygen atoms in total. The van der Waals surface area contributed by atoms with E-state index >= 15 is 0 Å². The summed E-state index contributed by atoms with van der Waals surface area (Å²) in [5, 5.41) is 12.8. The molecule has 1 atom stereocenters. The summed E-state index contributed by atoms with van der Waals surface area (Å²) in [6.07, 6.45) is 0.992. The van der Waals surface area contributed by atoms with Gasteiger partial charge in [-0.15, -0.1) is 10.2 Å². The predicted molar refractivity (Wildman–Crippen MR) is 106 cm³/mol. The predicted octanol–water partition coefficient (Wildman–Crippen LogP) is 4.87. The van der Waals surface area contributed by atoms with E-state index in [0.29, 0.717) is 23.6 Å². The third-order valence-electron chi connectivity index (χ3n) is 4.48. The largest absolute Gasteiger partial charge is 0.413 e. The highest BCUT2D eigenvalue weighted by molar-refractivity contribution is 5.90. The molecule has 0 aliphatic carbocycles. The molecular formula is C21H21N5O. The first-order valence-electron chi connectivity index (χ1n) is 9.08. The van der Waals surface area contributed by atoms with Crippen LogP contribution in [0.4, 0.5) is 5.82 Å². The lowest BCUT2D eigenvalue weighted by atomic mass is 10.1. The Bertz CT molecular complexity index is 1090. The molecule has 27 heavy (non-hydrogen) atoms. The van der Waals surface area contributed by atoms with Crippen molar-refractivity contribution in [2.75, 3.05) is 5.32 Å². The summed E-state index contributed by atoms with van der Waals surface area (Å²) in [6, 6.07) is 16.1. The average Bonchev–Trinajstić information content (AvgIpc) is 3.18. The monoisotopic (exact) mass is 359 g/mol. The number of nitrogens with zero attached hydrogens (tertiary/aromatic N) is 4. The Morgan fingerprint density at radius 1 is 1.00 bits per heavy atom. The van der Waals surface area contributed by atoms with E-state index in [1.807, 2.05) is 55.5 Å². The topological polar surface area (TPSA) is 76.7 Å². The molecule has 0 aliphatic rings. The van der Waals surface area contributed by atoms with Gasteiger partial charge in [-0.3, -0.25) is 0 Å². The van der Waals surface area contributed by atoms with E-state index in [4.69, 9.17) is 4.42 Å². The van der Waals surface area contributed by atoms with Crippen LogP contribution in [0.15, 0.2) is 52.9 Å². The van der Waals surface area contributed by atoms with Gasteiger partial charge in [0.05, 0.1) is 5.52 Å². The summed E-state index contributed by atoms with van der Waals surface area (Å²) < 4.78 is 5.87. The summed E-state index contributed by atoms with van der Waals surface area (Å²) >= 11 is 0. The molecule has 0 saturated carbocycles. The van der Waals surface area contributed by atoms with Gasteiger partial charge in [-0.2, -0.15) is 0 Å². The van der Waals surface area contributed by atoms with Crippen LogP contribution in [0.5, 0.6) is 0 Å². The maximum absolute atomic E-state index is 5.87. The molecule has 0 fully saturated rings. The van der Waals surface area contributed by atoms with Gasteiger partial charge in [0.2, 0.25) is 11.7 Å². The molecule has 1 N–H and O–H groups in total. The highest BCUT2D eigenvalue weighted by Gasteiger charge is 2.16. The Morgan fingerprint density at radius 3 is 2.63 bits per heavy atom. The van der Waals surface area contributed by atoms with Gasteiger partial charge in [-0.05, 0) is 44.5 Å². The maximum Gasteiger partial charge on any atom is 0.286 e. The summed E-state index contributed by atoms with van der Waals surface area (Å²) in [5.41, 5.74) is 2.85. The Hall–Kier alpha value is -3.28. The summed E-state index contributed by atoms with van der Waals surface area (Å²) in [4.78, 5) is 9.28. The first-order chi connectivity index (χ1) is 13.1. The van der Waals surface area contributed by atoms with Crippen molar-refractivity contribution < 1.29 is 4.42 Å². The fourth-order valence-corrected chi connectivity index (χ4v) is 2.83. The van der Waals surface area contributed by atoms with E-state index in [1.54, 1.807) is 0 Å². The van der Waals surface area contributed by atoms with Gasteiger partial charge >= 0.3 is 0 Å². The van der Waals surface area contributed by atoms with E-state index < -0.39 is 0 Å². The number of aromatic nitrogens is 4. The highest BCUT2D eigenvalue weighted by atomic mass is 16.4. The van der Waals surface area contributed by atoms with Crippen LogP contribution < -0.4 is 5.32 Å². The molecule has 4 rings (SSSR count). The van der Waals surface area contributed by atoms with Crippen LogP contribution >= 0.6 is 0 Å². The van der Waals surface area contributed by atoms with Gasteiger partial charge in [0.1, 0.15) is 5.82 Å². The minimum atomic E-state index is 0.293. The second-order valence-electron chi connectivity index (χ2n) is 6.65. The SMILES string of the molecule is CC[C@@H](C)Nc1nc(-c2nnc(-c3cccc(C)c3)o2)nc2ccccc12. The number of hydrogen-bond acceptors (Lipinski definition) is 6. The number of nitrogens with one attached hydrogen (secondary N) is 1. The van der Waals surface area contributed by atoms with Gasteiger partial charge in [0, 0.05) is 17.0 Å². The van der Waals surface area contributed by atoms with Crippen LogP contribution in [0.2, 0.25) is 0 Å². The number of para-hydroxylation sites is 1. The van der Waals surface area contributed by atoms with Crippen molar-refractivity contribution in [1.29, 1.82) is 0 Å². The zero-order valence-corrected chi connectivity index (χ0v) is 15.6. The fraction of sp³-hybridized carbons (Fsp3) is 0.238. The Morgan fingerprint density at radius 2 is 1.81 bits per heavy atom. The van der Waals surface area contributed by atoms with Gasteiger partial charge in [0.15, 0.2) is 0 Å². The maximum atomic E-state index is 5.87. The number of fused-ring (bicyclic) bond motifs is 1. The summed E-state index contributed by atoms with van der Waals surface area (Å²) in [7, 11) is 0. The molecule has 0 spiro atoms. The number of aryl methyl sites for hydroxylation is 1. The van der Waals surface area contributed by atoms with Crippen LogP contribution in [-0.2, 0) is 0 Å². The van der Waals surface area contributed by atoms with Crippen LogP contribution in [-0.4, -0.2) is 26.2 Å². The molecule has 136 valence electrons. The quantitative estimate of drug-likeness (QED) is 0.548. The standard InChI is InChI=1S/C21H21N5O/c1-4-14(3)22-18-16-10-5-6-11-17(16)23-19(24-18)21-26-25-20(27-21)15-9-7-8-13(2)12-15/h5-12,14H,4H2,1-3H3,(H,22,23,24)/t14-/m1/s1. The van der Waals surface area contributed by atoms with Crippen molar-refractivity contribution in [2.45, 2.75) is 33.2 Å². The Kier molecular flexibility index (Phi) is 4.54. The first-order valence-corrected chi connectivity index (χ1v) is 9.08. The zero-order valence-electron chi connectivity index (χ0n) is 15.6. The van der Waals surface area contributed by atoms with Crippen molar-refractivity contribution in [1.82, 2.24) is 20.2 Å². The van der Waals surface area contributed by atoms with Crippen molar-refractivity contribution in [3.8, 4) is 23.2 Å². The van der Waals surface area contributed by atoms with E-state index in [0.717, 1.165) is 34.3 Å². The molecule has 6 heteroatoms. The summed E-state index contributed by atoms with van der Waals surface area (Å²) in [5.74, 6) is 1.97. The van der Waals surface area contributed by atoms with E-state index in [2.05, 4.69) is 39.3 Å². The lowest BCUT2D eigenvalue weighted by Gasteiger charge is -2.14. The molecule has 0 unspecified atom stereocenters. The third-order valence-corrected chi connectivity index (χ3v) is 4.48. The molecular weight excluding hydrogens is 338 g/mol. The molecule has 2 aromatic carbocycles. The van der Waals surface area contributed by atoms with Crippen LogP contribution in [0, 0.1) is 6.92 Å². The highest BCUT2D eigenvalue weighted by Crippen LogP contribution is 2.27. The second-order valence-corrected chi connectivity index (χ2v) is 6.65. The number of hydrogen-bond donors (Lipinski definition) is 1. The van der Waals surface area contributed by atoms with Crippen molar-refractivity contribution >= 4 is 16.7 Å². The molecule has 0 radical (unpaired) electrons. The fourth-order valence-electron chi connectivity index (χ4n) is 2.83. The Balaban J connectivity index is 1.78. The molecule has 2 heterocycles. The summed E-state index contributed by atoms with van der Waals surface area (Å²) in [6.45, 7) is 6.28. The zero-order chi connectivity index (χ0) is 18.8. The lowest BCUT2D eigenvalue weighted by Crippen LogP contribution is -2.15. The van der Waals surface area contributed by atoms with Crippen LogP contribution in [0.25, 0.3) is 34.1 Å². The van der Waals surface area contributed by atoms with Crippen molar-refractivity contribution in [2.24, 2.45) is 0 Å². The lowest BCUT2D eigenvalue weighted by molar-refractivity contribution is 0.579. The molecule has 0 amide bonds. The van der Waals surface area contributed by atoms with Crippen molar-refractivity contribution in [3.63, 3.8) is 0 Å². The van der Waals surface area contributed by atoms with Gasteiger partial charge < -0.3 is 9.73 Å². The average molecular weight is 359 g/mol. The number of rotatable bonds is 5. The number of benzene rings is 2. The Labute approximate surface area is 157 Å². The minimum Gasteiger partial charge on any atom is -0.413 e. The first kappa shape index (κ1) is 17.1. The van der Waals surface area contributed by atoms with Gasteiger partial charge in [-0.25, -0.2) is 9.97 Å². The van der Waals surface area contributed by atoms with Gasteiger partial charge in [-0.1, -0.05) is 36.8 Å². The molecule has 2 aromatic heterocycles. The second kappa shape index (κ2) is 7.15. The smallest absolute Gasteiger partial charge is 0.286 e. The van der Waals surface area contributed by atoms with Crippen LogP contribution in [0.3, 0.4) is 0 Å². The molecule has 4 aromatic rings. The normalized spacial score (nSPS) is 12.3.